The molecule has 0 N–H and O–H groups in total. The molecule has 13 aromatic rings. The maximum Gasteiger partial charge on any atom is 0.0737 e. The molecule has 0 heterocycles. The maximum atomic E-state index is 2.47. The Morgan fingerprint density at radius 1 is 0.243 bits per heavy atom. The van der Waals surface area contributed by atoms with Crippen molar-refractivity contribution in [3.05, 3.63) is 305 Å². The zero-order valence-electron chi connectivity index (χ0n) is 40.7. The normalized spacial score (nSPS) is 14.2. The van der Waals surface area contributed by atoms with E-state index in [2.05, 4.69) is 267 Å². The Labute approximate surface area is 429 Å². The highest BCUT2D eigenvalue weighted by Gasteiger charge is 2.55. The third kappa shape index (κ3) is 4.90. The van der Waals surface area contributed by atoms with Gasteiger partial charge in [0.15, 0.2) is 0 Å². The summed E-state index contributed by atoms with van der Waals surface area (Å²) in [6, 6.07) is 97.2. The van der Waals surface area contributed by atoms with E-state index in [9.17, 15) is 0 Å². The zero-order valence-corrected chi connectivity index (χ0v) is 40.7. The van der Waals surface area contributed by atoms with E-state index < -0.39 is 10.8 Å². The average Bonchev–Trinajstić information content (AvgIpc) is 4.34. The van der Waals surface area contributed by atoms with Crippen LogP contribution in [0.5, 0.6) is 0 Å². The van der Waals surface area contributed by atoms with Crippen molar-refractivity contribution in [2.45, 2.75) is 17.8 Å². The highest BCUT2D eigenvalue weighted by molar-refractivity contribution is 6.12. The fourth-order valence-corrected chi connectivity index (χ4v) is 14.9. The van der Waals surface area contributed by atoms with Gasteiger partial charge in [-0.1, -0.05) is 224 Å². The molecule has 0 radical (unpaired) electrons. The molecule has 1 heteroatoms. The molecule has 0 fully saturated rings. The van der Waals surface area contributed by atoms with Crippen LogP contribution in [0, 0.1) is 6.92 Å². The van der Waals surface area contributed by atoms with Gasteiger partial charge >= 0.3 is 0 Å². The van der Waals surface area contributed by atoms with E-state index in [0.717, 1.165) is 17.1 Å². The molecule has 342 valence electrons. The molecule has 0 atom stereocenters. The molecule has 2 spiro atoms. The van der Waals surface area contributed by atoms with E-state index in [0.29, 0.717) is 0 Å². The van der Waals surface area contributed by atoms with Gasteiger partial charge in [-0.15, -0.1) is 0 Å². The highest BCUT2D eigenvalue weighted by atomic mass is 15.1. The first-order valence-electron chi connectivity index (χ1n) is 26.1. The van der Waals surface area contributed by atoms with Crippen LogP contribution in [0.4, 0.5) is 17.1 Å². The van der Waals surface area contributed by atoms with Gasteiger partial charge in [-0.3, -0.25) is 0 Å². The number of anilines is 3. The lowest BCUT2D eigenvalue weighted by Crippen LogP contribution is -2.26. The molecular weight excluding hydrogens is 891 g/mol. The molecular formula is C73H45N. The van der Waals surface area contributed by atoms with Crippen LogP contribution in [0.3, 0.4) is 0 Å². The highest BCUT2D eigenvalue weighted by Crippen LogP contribution is 2.67. The molecule has 1 nitrogen and oxygen atoms in total. The van der Waals surface area contributed by atoms with Crippen molar-refractivity contribution in [1.82, 2.24) is 0 Å². The van der Waals surface area contributed by atoms with Gasteiger partial charge in [0.2, 0.25) is 0 Å². The molecule has 0 unspecified atom stereocenters. The van der Waals surface area contributed by atoms with Gasteiger partial charge in [0.1, 0.15) is 0 Å². The summed E-state index contributed by atoms with van der Waals surface area (Å²) in [4.78, 5) is 2.47. The number of rotatable bonds is 3. The van der Waals surface area contributed by atoms with Gasteiger partial charge in [-0.25, -0.2) is 0 Å². The molecule has 0 bridgehead atoms. The van der Waals surface area contributed by atoms with Gasteiger partial charge < -0.3 is 4.90 Å². The predicted octanol–water partition coefficient (Wildman–Crippen LogP) is 18.8. The fourth-order valence-electron chi connectivity index (χ4n) is 14.9. The second-order valence-corrected chi connectivity index (χ2v) is 21.1. The minimum atomic E-state index is -0.487. The lowest BCUT2D eigenvalue weighted by molar-refractivity contribution is 0.809. The van der Waals surface area contributed by atoms with Gasteiger partial charge in [-0.05, 0) is 175 Å². The number of benzene rings is 13. The number of nitrogens with zero attached hydrogens (tertiary/aromatic N) is 1. The van der Waals surface area contributed by atoms with E-state index in [1.807, 2.05) is 0 Å². The van der Waals surface area contributed by atoms with Crippen molar-refractivity contribution < 1.29 is 0 Å². The Kier molecular flexibility index (Phi) is 7.87. The van der Waals surface area contributed by atoms with E-state index in [1.54, 1.807) is 0 Å². The minimum Gasteiger partial charge on any atom is -0.310 e. The van der Waals surface area contributed by atoms with Gasteiger partial charge in [0, 0.05) is 17.1 Å². The number of hydrogen-bond acceptors (Lipinski definition) is 1. The summed E-state index contributed by atoms with van der Waals surface area (Å²) in [6.45, 7) is 2.17. The fraction of sp³-hybridized carbons (Fsp3) is 0.0411. The summed E-state index contributed by atoms with van der Waals surface area (Å²) in [6.07, 6.45) is 0. The molecule has 0 amide bonds. The molecule has 0 aliphatic heterocycles. The smallest absolute Gasteiger partial charge is 0.0737 e. The molecule has 0 saturated carbocycles. The Balaban J connectivity index is 0.894. The first-order chi connectivity index (χ1) is 36.6. The lowest BCUT2D eigenvalue weighted by Gasteiger charge is -2.33. The molecule has 4 aliphatic rings. The Morgan fingerprint density at radius 3 is 0.946 bits per heavy atom. The summed E-state index contributed by atoms with van der Waals surface area (Å²) in [7, 11) is 0. The molecule has 4 aliphatic carbocycles. The second kappa shape index (κ2) is 14.4. The Morgan fingerprint density at radius 2 is 0.554 bits per heavy atom. The van der Waals surface area contributed by atoms with E-state index >= 15 is 0 Å². The van der Waals surface area contributed by atoms with Crippen LogP contribution in [-0.4, -0.2) is 0 Å². The summed E-state index contributed by atoms with van der Waals surface area (Å²) < 4.78 is 0. The second-order valence-electron chi connectivity index (χ2n) is 21.1. The topological polar surface area (TPSA) is 3.24 Å². The molecule has 13 aromatic carbocycles. The quantitative estimate of drug-likeness (QED) is 0.171. The summed E-state index contributed by atoms with van der Waals surface area (Å²) in [5.74, 6) is 0. The van der Waals surface area contributed by atoms with E-state index in [-0.39, 0.29) is 0 Å². The monoisotopic (exact) mass is 935 g/mol. The third-order valence-corrected chi connectivity index (χ3v) is 17.7. The van der Waals surface area contributed by atoms with Crippen molar-refractivity contribution in [1.29, 1.82) is 0 Å². The maximum absolute atomic E-state index is 2.47. The largest absolute Gasteiger partial charge is 0.310 e. The predicted molar refractivity (Wildman–Crippen MR) is 308 cm³/mol. The first-order valence-corrected chi connectivity index (χ1v) is 26.1. The summed E-state index contributed by atoms with van der Waals surface area (Å²) in [5.41, 5.74) is 25.2. The Hall–Kier alpha value is -9.30. The van der Waals surface area contributed by atoms with Crippen LogP contribution in [0.15, 0.2) is 255 Å². The van der Waals surface area contributed by atoms with Gasteiger partial charge in [-0.2, -0.15) is 0 Å². The van der Waals surface area contributed by atoms with E-state index in [4.69, 9.17) is 0 Å². The van der Waals surface area contributed by atoms with E-state index in [1.165, 1.54) is 138 Å². The van der Waals surface area contributed by atoms with Gasteiger partial charge in [0.05, 0.1) is 10.8 Å². The average molecular weight is 936 g/mol. The lowest BCUT2D eigenvalue weighted by atomic mass is 9.68. The molecule has 0 saturated heterocycles. The van der Waals surface area contributed by atoms with Crippen LogP contribution >= 0.6 is 0 Å². The van der Waals surface area contributed by atoms with Crippen molar-refractivity contribution in [3.63, 3.8) is 0 Å². The Bertz CT molecular complexity index is 4260. The number of fused-ring (bicyclic) bond motifs is 28. The minimum absolute atomic E-state index is 0.487. The van der Waals surface area contributed by atoms with Crippen LogP contribution in [0.1, 0.15) is 50.1 Å². The standard InChI is InChI=1S/C73H45N/c1-44-26-32-49(33-27-44)74(50-34-40-54-47(42-50)30-38-62-60-36-28-45-14-2-4-16-52(45)68(60)72(70(54)62)64-22-10-6-18-56(64)57-19-7-11-23-65(57)72)51-35-41-55-48(43-51)31-39-63-61-37-29-46-15-3-5-17-53(46)69(61)73(71(55)63)66-24-12-8-20-58(66)59-21-9-13-25-67(59)73/h2-43H,1H3. The van der Waals surface area contributed by atoms with Gasteiger partial charge in [0.25, 0.3) is 0 Å². The van der Waals surface area contributed by atoms with Crippen molar-refractivity contribution in [2.75, 3.05) is 4.90 Å². The zero-order chi connectivity index (χ0) is 48.4. The number of hydrogen-bond donors (Lipinski definition) is 0. The van der Waals surface area contributed by atoms with Crippen molar-refractivity contribution in [2.24, 2.45) is 0 Å². The van der Waals surface area contributed by atoms with Crippen molar-refractivity contribution in [3.8, 4) is 44.5 Å². The molecule has 74 heavy (non-hydrogen) atoms. The molecule has 17 rings (SSSR count). The van der Waals surface area contributed by atoms with Crippen LogP contribution < -0.4 is 4.90 Å². The first kappa shape index (κ1) is 40.3. The summed E-state index contributed by atoms with van der Waals surface area (Å²) >= 11 is 0. The van der Waals surface area contributed by atoms with Crippen LogP contribution in [-0.2, 0) is 10.8 Å². The SMILES string of the molecule is Cc1ccc(N(c2ccc3c4c(ccc3c2)-c2ccc3ccccc3c2C42c3ccccc3-c3ccccc32)c2ccc3c4c(ccc3c2)-c2ccc3ccccc3c2C42c3ccccc3-c3ccccc32)cc1. The number of aryl methyl sites for hydroxylation is 1. The molecule has 0 aromatic heterocycles. The van der Waals surface area contributed by atoms with Crippen molar-refractivity contribution >= 4 is 60.2 Å². The third-order valence-electron chi connectivity index (χ3n) is 17.7. The summed E-state index contributed by atoms with van der Waals surface area (Å²) in [5, 5.41) is 10.2. The van der Waals surface area contributed by atoms with Crippen LogP contribution in [0.2, 0.25) is 0 Å². The van der Waals surface area contributed by atoms with Crippen LogP contribution in [0.25, 0.3) is 87.6 Å².